The second-order valence-corrected chi connectivity index (χ2v) is 9.43. The predicted molar refractivity (Wildman–Crippen MR) is 127 cm³/mol. The number of hydrogen-bond acceptors (Lipinski definition) is 7. The fourth-order valence-electron chi connectivity index (χ4n) is 3.02. The molecule has 0 aliphatic heterocycles. The summed E-state index contributed by atoms with van der Waals surface area (Å²) in [5.41, 5.74) is 2.74. The fraction of sp³-hybridized carbons (Fsp3) is 0.0870. The van der Waals surface area contributed by atoms with Gasteiger partial charge in [0.05, 0.1) is 5.56 Å². The molecule has 33 heavy (non-hydrogen) atoms. The Balaban J connectivity index is 1.59. The SMILES string of the molecule is CS(N)(=O)=Cc1cccc(Nc2ncnc(-c3ccc(F)cc3OCc3cccnc3)n2)c1. The van der Waals surface area contributed by atoms with Gasteiger partial charge in [-0.15, -0.1) is 0 Å². The Hall–Kier alpha value is -3.89. The van der Waals surface area contributed by atoms with E-state index in [4.69, 9.17) is 9.88 Å². The minimum atomic E-state index is -2.54. The smallest absolute Gasteiger partial charge is 0.230 e. The molecule has 3 N–H and O–H groups in total. The summed E-state index contributed by atoms with van der Waals surface area (Å²) in [6, 6.07) is 15.0. The first-order valence-electron chi connectivity index (χ1n) is 9.85. The maximum Gasteiger partial charge on any atom is 0.230 e. The van der Waals surface area contributed by atoms with Crippen LogP contribution in [0.2, 0.25) is 0 Å². The van der Waals surface area contributed by atoms with Gasteiger partial charge >= 0.3 is 0 Å². The van der Waals surface area contributed by atoms with Crippen molar-refractivity contribution in [1.29, 1.82) is 0 Å². The van der Waals surface area contributed by atoms with Crippen molar-refractivity contribution in [1.82, 2.24) is 19.9 Å². The van der Waals surface area contributed by atoms with Crippen LogP contribution in [0.3, 0.4) is 0 Å². The number of nitrogens with one attached hydrogen (secondary N) is 1. The molecule has 0 bridgehead atoms. The number of nitrogens with two attached hydrogens (primary N) is 1. The lowest BCUT2D eigenvalue weighted by molar-refractivity contribution is 0.305. The maximum atomic E-state index is 13.9. The molecule has 0 aliphatic carbocycles. The number of pyridine rings is 1. The molecule has 2 aromatic carbocycles. The van der Waals surface area contributed by atoms with Crippen molar-refractivity contribution < 1.29 is 13.3 Å². The Morgan fingerprint density at radius 1 is 1.15 bits per heavy atom. The second-order valence-electron chi connectivity index (χ2n) is 7.26. The third-order valence-electron chi connectivity index (χ3n) is 4.39. The van der Waals surface area contributed by atoms with Gasteiger partial charge in [-0.2, -0.15) is 4.98 Å². The molecule has 2 aromatic heterocycles. The van der Waals surface area contributed by atoms with Crippen LogP contribution in [-0.2, 0) is 16.3 Å². The molecular formula is C23H21FN6O2S. The zero-order chi connectivity index (χ0) is 23.3. The minimum Gasteiger partial charge on any atom is -0.488 e. The highest BCUT2D eigenvalue weighted by molar-refractivity contribution is 7.98. The standard InChI is InChI=1S/C23H21FN6O2S/c1-33(25,31)14-16-4-2-6-19(10-16)29-23-28-15-27-22(30-23)20-8-7-18(24)11-21(20)32-13-17-5-3-9-26-12-17/h2-12,14-15H,13H2,1H3,(H2,25,31)(H,27,28,29,30). The van der Waals surface area contributed by atoms with E-state index in [0.29, 0.717) is 28.4 Å². The van der Waals surface area contributed by atoms with Crippen molar-refractivity contribution >= 4 is 26.7 Å². The highest BCUT2D eigenvalue weighted by Gasteiger charge is 2.13. The van der Waals surface area contributed by atoms with Gasteiger partial charge in [-0.25, -0.2) is 14.4 Å². The van der Waals surface area contributed by atoms with Crippen LogP contribution in [0, 0.1) is 5.82 Å². The van der Waals surface area contributed by atoms with Crippen LogP contribution in [0.5, 0.6) is 5.75 Å². The summed E-state index contributed by atoms with van der Waals surface area (Å²) in [4.78, 5) is 16.9. The van der Waals surface area contributed by atoms with E-state index >= 15 is 0 Å². The van der Waals surface area contributed by atoms with E-state index in [1.165, 1.54) is 30.1 Å². The Bertz CT molecular complexity index is 1380. The number of halogens is 1. The van der Waals surface area contributed by atoms with Crippen molar-refractivity contribution in [3.63, 3.8) is 0 Å². The summed E-state index contributed by atoms with van der Waals surface area (Å²) in [6.45, 7) is 0.214. The van der Waals surface area contributed by atoms with Crippen LogP contribution < -0.4 is 15.2 Å². The molecule has 2 heterocycles. The molecule has 1 unspecified atom stereocenters. The van der Waals surface area contributed by atoms with Crippen LogP contribution >= 0.6 is 0 Å². The summed E-state index contributed by atoms with van der Waals surface area (Å²) in [6.07, 6.45) is 6.16. The topological polar surface area (TPSA) is 116 Å². The normalized spacial score (nSPS) is 12.6. The van der Waals surface area contributed by atoms with Gasteiger partial charge in [0, 0.05) is 51.0 Å². The molecule has 0 saturated carbocycles. The van der Waals surface area contributed by atoms with Crippen LogP contribution in [0.25, 0.3) is 11.4 Å². The molecule has 0 spiro atoms. The molecule has 0 amide bonds. The number of hydrogen-bond donors (Lipinski definition) is 2. The Kier molecular flexibility index (Phi) is 6.57. The summed E-state index contributed by atoms with van der Waals surface area (Å²) >= 11 is 0. The fourth-order valence-corrected chi connectivity index (χ4v) is 3.71. The first-order valence-corrected chi connectivity index (χ1v) is 11.9. The average Bonchev–Trinajstić information content (AvgIpc) is 2.78. The third-order valence-corrected chi connectivity index (χ3v) is 5.13. The number of nitrogens with zero attached hydrogens (tertiary/aromatic N) is 4. The first-order chi connectivity index (χ1) is 15.9. The zero-order valence-corrected chi connectivity index (χ0v) is 18.5. The van der Waals surface area contributed by atoms with E-state index < -0.39 is 15.5 Å². The lowest BCUT2D eigenvalue weighted by Gasteiger charge is -2.12. The summed E-state index contributed by atoms with van der Waals surface area (Å²) < 4.78 is 31.6. The van der Waals surface area contributed by atoms with Gasteiger partial charge in [-0.1, -0.05) is 18.2 Å². The number of ether oxygens (including phenoxy) is 1. The Morgan fingerprint density at radius 3 is 2.82 bits per heavy atom. The monoisotopic (exact) mass is 464 g/mol. The van der Waals surface area contributed by atoms with E-state index in [2.05, 4.69) is 25.3 Å². The van der Waals surface area contributed by atoms with Crippen molar-refractivity contribution in [3.8, 4) is 17.1 Å². The van der Waals surface area contributed by atoms with Gasteiger partial charge in [0.1, 0.15) is 24.5 Å². The molecule has 0 aliphatic rings. The van der Waals surface area contributed by atoms with Gasteiger partial charge in [0.25, 0.3) is 0 Å². The van der Waals surface area contributed by atoms with Crippen LogP contribution in [0.1, 0.15) is 11.1 Å². The Labute approximate surface area is 190 Å². The number of anilines is 2. The molecule has 4 rings (SSSR count). The van der Waals surface area contributed by atoms with E-state index in [9.17, 15) is 8.60 Å². The van der Waals surface area contributed by atoms with E-state index in [1.807, 2.05) is 12.1 Å². The molecule has 0 fully saturated rings. The predicted octanol–water partition coefficient (Wildman–Crippen LogP) is 3.33. The highest BCUT2D eigenvalue weighted by Crippen LogP contribution is 2.29. The van der Waals surface area contributed by atoms with E-state index in [0.717, 1.165) is 5.56 Å². The van der Waals surface area contributed by atoms with E-state index in [1.54, 1.807) is 42.7 Å². The summed E-state index contributed by atoms with van der Waals surface area (Å²) in [7, 11) is -2.54. The molecule has 4 aromatic rings. The lowest BCUT2D eigenvalue weighted by Crippen LogP contribution is -2.13. The first kappa shape index (κ1) is 22.3. The maximum absolute atomic E-state index is 13.9. The molecule has 8 nitrogen and oxygen atoms in total. The third kappa shape index (κ3) is 6.31. The van der Waals surface area contributed by atoms with Gasteiger partial charge in [-0.05, 0) is 35.9 Å². The Morgan fingerprint density at radius 2 is 2.03 bits per heavy atom. The van der Waals surface area contributed by atoms with Gasteiger partial charge < -0.3 is 10.1 Å². The minimum absolute atomic E-state index is 0.214. The number of benzene rings is 2. The highest BCUT2D eigenvalue weighted by atomic mass is 32.2. The molecule has 10 heteroatoms. The van der Waals surface area contributed by atoms with Crippen molar-refractivity contribution in [2.24, 2.45) is 5.14 Å². The molecular weight excluding hydrogens is 443 g/mol. The molecule has 168 valence electrons. The number of aromatic nitrogens is 4. The average molecular weight is 465 g/mol. The van der Waals surface area contributed by atoms with E-state index in [-0.39, 0.29) is 12.6 Å². The molecule has 1 atom stereocenters. The van der Waals surface area contributed by atoms with Gasteiger partial charge in [0.15, 0.2) is 5.82 Å². The quantitative estimate of drug-likeness (QED) is 0.403. The largest absolute Gasteiger partial charge is 0.488 e. The molecule has 0 saturated heterocycles. The van der Waals surface area contributed by atoms with Gasteiger partial charge in [0.2, 0.25) is 5.95 Å². The van der Waals surface area contributed by atoms with Gasteiger partial charge in [-0.3, -0.25) is 14.3 Å². The van der Waals surface area contributed by atoms with Crippen molar-refractivity contribution in [2.45, 2.75) is 6.61 Å². The summed E-state index contributed by atoms with van der Waals surface area (Å²) in [5, 5.41) is 10.2. The van der Waals surface area contributed by atoms with Crippen molar-refractivity contribution in [3.05, 3.63) is 90.3 Å². The number of rotatable bonds is 7. The van der Waals surface area contributed by atoms with Crippen molar-refractivity contribution in [2.75, 3.05) is 11.6 Å². The zero-order valence-electron chi connectivity index (χ0n) is 17.7. The van der Waals surface area contributed by atoms with Crippen LogP contribution in [0.15, 0.2) is 73.3 Å². The van der Waals surface area contributed by atoms with Crippen LogP contribution in [0.4, 0.5) is 16.0 Å². The lowest BCUT2D eigenvalue weighted by atomic mass is 10.2. The van der Waals surface area contributed by atoms with Crippen LogP contribution in [-0.4, -0.2) is 35.8 Å². The summed E-state index contributed by atoms with van der Waals surface area (Å²) in [5.74, 6) is 0.459. The second kappa shape index (κ2) is 9.72. The molecule has 0 radical (unpaired) electrons.